The van der Waals surface area contributed by atoms with Gasteiger partial charge in [-0.25, -0.2) is 0 Å². The highest BCUT2D eigenvalue weighted by Gasteiger charge is 2.42. The van der Waals surface area contributed by atoms with Gasteiger partial charge in [0.2, 0.25) is 0 Å². The van der Waals surface area contributed by atoms with Crippen molar-refractivity contribution in [2.75, 3.05) is 20.8 Å². The zero-order chi connectivity index (χ0) is 21.9. The van der Waals surface area contributed by atoms with Crippen molar-refractivity contribution in [1.82, 2.24) is 5.16 Å². The van der Waals surface area contributed by atoms with Gasteiger partial charge < -0.3 is 19.1 Å². The molecule has 1 aromatic heterocycles. The van der Waals surface area contributed by atoms with Crippen LogP contribution in [0.15, 0.2) is 4.52 Å². The van der Waals surface area contributed by atoms with Crippen LogP contribution in [0, 0.1) is 11.3 Å². The van der Waals surface area contributed by atoms with Gasteiger partial charge in [0.1, 0.15) is 5.76 Å². The number of hydrogen-bond acceptors (Lipinski definition) is 6. The Morgan fingerprint density at radius 3 is 2.50 bits per heavy atom. The molecule has 7 nitrogen and oxygen atoms in total. The quantitative estimate of drug-likeness (QED) is 0.492. The highest BCUT2D eigenvalue weighted by Crippen LogP contribution is 2.53. The van der Waals surface area contributed by atoms with Crippen molar-refractivity contribution in [2.45, 2.75) is 83.0 Å². The Balaban J connectivity index is 1.72. The first-order chi connectivity index (χ1) is 14.2. The van der Waals surface area contributed by atoms with Crippen molar-refractivity contribution in [2.24, 2.45) is 11.3 Å². The number of hydrogen-bond donors (Lipinski definition) is 1. The fraction of sp³-hybridized carbons (Fsp3) is 0.783. The van der Waals surface area contributed by atoms with Gasteiger partial charge in [0, 0.05) is 30.9 Å². The first-order valence-electron chi connectivity index (χ1n) is 11.0. The maximum Gasteiger partial charge on any atom is 0.305 e. The molecular formula is C23H35NO6. The molecule has 2 saturated carbocycles. The molecule has 1 N–H and O–H groups in total. The summed E-state index contributed by atoms with van der Waals surface area (Å²) in [6.07, 6.45) is 5.99. The number of carbonyl (C=O) groups excluding carboxylic acids is 1. The minimum atomic E-state index is -0.889. The number of ether oxygens (including phenoxy) is 2. The van der Waals surface area contributed by atoms with Crippen molar-refractivity contribution in [3.05, 3.63) is 17.0 Å². The Kier molecular flexibility index (Phi) is 7.22. The largest absolute Gasteiger partial charge is 0.481 e. The molecule has 0 aliphatic heterocycles. The van der Waals surface area contributed by atoms with Gasteiger partial charge in [-0.2, -0.15) is 0 Å². The minimum Gasteiger partial charge on any atom is -0.481 e. The highest BCUT2D eigenvalue weighted by molar-refractivity contribution is 5.70. The van der Waals surface area contributed by atoms with Gasteiger partial charge in [0.15, 0.2) is 0 Å². The lowest BCUT2D eigenvalue weighted by Crippen LogP contribution is -2.30. The van der Waals surface area contributed by atoms with Crippen LogP contribution in [-0.4, -0.2) is 43.0 Å². The van der Waals surface area contributed by atoms with E-state index in [9.17, 15) is 14.7 Å². The molecule has 1 atom stereocenters. The monoisotopic (exact) mass is 421 g/mol. The van der Waals surface area contributed by atoms with Gasteiger partial charge >= 0.3 is 11.9 Å². The first kappa shape index (κ1) is 22.8. The fourth-order valence-corrected chi connectivity index (χ4v) is 4.98. The van der Waals surface area contributed by atoms with Crippen molar-refractivity contribution < 1.29 is 28.7 Å². The number of aromatic nitrogens is 1. The van der Waals surface area contributed by atoms with Crippen molar-refractivity contribution in [1.29, 1.82) is 0 Å². The van der Waals surface area contributed by atoms with E-state index in [0.717, 1.165) is 55.7 Å². The van der Waals surface area contributed by atoms with E-state index in [1.807, 2.05) is 0 Å². The van der Waals surface area contributed by atoms with Crippen LogP contribution in [0.1, 0.15) is 100.0 Å². The van der Waals surface area contributed by atoms with E-state index in [-0.39, 0.29) is 30.1 Å². The summed E-state index contributed by atoms with van der Waals surface area (Å²) in [4.78, 5) is 23.1. The second kappa shape index (κ2) is 9.50. The molecule has 7 heteroatoms. The van der Waals surface area contributed by atoms with Crippen molar-refractivity contribution >= 4 is 11.9 Å². The van der Waals surface area contributed by atoms with Crippen LogP contribution in [-0.2, 0) is 19.1 Å². The van der Waals surface area contributed by atoms with Crippen molar-refractivity contribution in [3.8, 4) is 0 Å². The molecule has 0 radical (unpaired) electrons. The second-order valence-corrected chi connectivity index (χ2v) is 9.87. The third-order valence-corrected chi connectivity index (χ3v) is 6.48. The Morgan fingerprint density at radius 1 is 1.23 bits per heavy atom. The van der Waals surface area contributed by atoms with E-state index >= 15 is 0 Å². The number of carbonyl (C=O) groups is 2. The molecule has 0 unspecified atom stereocenters. The van der Waals surface area contributed by atoms with Crippen LogP contribution in [0.3, 0.4) is 0 Å². The third kappa shape index (κ3) is 5.62. The maximum absolute atomic E-state index is 11.6. The maximum atomic E-state index is 11.6. The third-order valence-electron chi connectivity index (χ3n) is 6.48. The molecule has 1 heterocycles. The van der Waals surface area contributed by atoms with E-state index in [0.29, 0.717) is 24.2 Å². The Morgan fingerprint density at radius 2 is 1.93 bits per heavy atom. The van der Waals surface area contributed by atoms with E-state index < -0.39 is 5.97 Å². The Bertz CT molecular complexity index is 745. The van der Waals surface area contributed by atoms with Gasteiger partial charge in [-0.1, -0.05) is 19.0 Å². The molecule has 0 spiro atoms. The summed E-state index contributed by atoms with van der Waals surface area (Å²) in [5, 5.41) is 13.7. The Hall–Kier alpha value is -1.89. The lowest BCUT2D eigenvalue weighted by Gasteiger charge is -2.39. The topological polar surface area (TPSA) is 98.9 Å². The van der Waals surface area contributed by atoms with E-state index in [1.54, 1.807) is 7.11 Å². The average molecular weight is 422 g/mol. The SMILES string of the molecule is COCC(C)(C)CC1CC(c2onc([C@@H](CCC(=O)OC)CC(=O)O)c2C2CC2)C1. The average Bonchev–Trinajstić information content (AvgIpc) is 3.39. The highest BCUT2D eigenvalue weighted by atomic mass is 16.5. The number of methoxy groups -OCH3 is 2. The summed E-state index contributed by atoms with van der Waals surface area (Å²) >= 11 is 0. The fourth-order valence-electron chi connectivity index (χ4n) is 4.98. The molecular weight excluding hydrogens is 386 g/mol. The zero-order valence-electron chi connectivity index (χ0n) is 18.6. The van der Waals surface area contributed by atoms with E-state index in [1.165, 1.54) is 7.11 Å². The van der Waals surface area contributed by atoms with Crippen LogP contribution in [0.25, 0.3) is 0 Å². The molecule has 0 saturated heterocycles. The number of aliphatic carboxylic acids is 1. The molecule has 2 fully saturated rings. The van der Waals surface area contributed by atoms with Crippen LogP contribution in [0.4, 0.5) is 0 Å². The van der Waals surface area contributed by atoms with Gasteiger partial charge in [-0.3, -0.25) is 9.59 Å². The molecule has 168 valence electrons. The normalized spacial score (nSPS) is 22.4. The summed E-state index contributed by atoms with van der Waals surface area (Å²) in [6, 6.07) is 0. The number of carboxylic acids is 1. The summed E-state index contributed by atoms with van der Waals surface area (Å²) < 4.78 is 15.9. The molecule has 0 bridgehead atoms. The first-order valence-corrected chi connectivity index (χ1v) is 11.0. The number of rotatable bonds is 12. The predicted octanol–water partition coefficient (Wildman–Crippen LogP) is 4.62. The lowest BCUT2D eigenvalue weighted by atomic mass is 9.66. The van der Waals surface area contributed by atoms with Crippen LogP contribution in [0.5, 0.6) is 0 Å². The van der Waals surface area contributed by atoms with Gasteiger partial charge in [-0.15, -0.1) is 0 Å². The Labute approximate surface area is 178 Å². The van der Waals surface area contributed by atoms with Crippen LogP contribution in [0.2, 0.25) is 0 Å². The summed E-state index contributed by atoms with van der Waals surface area (Å²) in [5.74, 6) is 0.835. The standard InChI is InChI=1S/C23H35NO6/c1-23(2,13-28-3)12-14-9-17(10-14)22-20(15-5-6-15)21(24-30-22)16(11-18(25)26)7-8-19(27)29-4/h14-17H,5-13H2,1-4H3,(H,25,26)/t14?,16-,17?/m0/s1. The smallest absolute Gasteiger partial charge is 0.305 e. The van der Waals surface area contributed by atoms with Crippen LogP contribution < -0.4 is 0 Å². The summed E-state index contributed by atoms with van der Waals surface area (Å²) in [6.45, 7) is 5.23. The van der Waals surface area contributed by atoms with Gasteiger partial charge in [0.05, 0.1) is 25.8 Å². The number of esters is 1. The number of nitrogens with zero attached hydrogens (tertiary/aromatic N) is 1. The minimum absolute atomic E-state index is 0.0544. The molecule has 1 aromatic rings. The van der Waals surface area contributed by atoms with Crippen molar-refractivity contribution in [3.63, 3.8) is 0 Å². The van der Waals surface area contributed by atoms with E-state index in [4.69, 9.17) is 14.0 Å². The molecule has 0 aromatic carbocycles. The van der Waals surface area contributed by atoms with Gasteiger partial charge in [0.25, 0.3) is 0 Å². The summed E-state index contributed by atoms with van der Waals surface area (Å²) in [7, 11) is 3.09. The second-order valence-electron chi connectivity index (χ2n) is 9.87. The van der Waals surface area contributed by atoms with Crippen LogP contribution >= 0.6 is 0 Å². The molecule has 3 rings (SSSR count). The predicted molar refractivity (Wildman–Crippen MR) is 110 cm³/mol. The number of carboxylic acid groups (broad SMARTS) is 1. The summed E-state index contributed by atoms with van der Waals surface area (Å²) in [5.41, 5.74) is 2.05. The lowest BCUT2D eigenvalue weighted by molar-refractivity contribution is -0.142. The molecule has 2 aliphatic carbocycles. The molecule has 2 aliphatic rings. The molecule has 30 heavy (non-hydrogen) atoms. The molecule has 0 amide bonds. The van der Waals surface area contributed by atoms with Gasteiger partial charge in [-0.05, 0) is 55.8 Å². The van der Waals surface area contributed by atoms with E-state index in [2.05, 4.69) is 19.0 Å². The zero-order valence-corrected chi connectivity index (χ0v) is 18.6.